The van der Waals surface area contributed by atoms with Crippen molar-refractivity contribution in [1.29, 1.82) is 0 Å². The van der Waals surface area contributed by atoms with Crippen LogP contribution in [0.1, 0.15) is 24.2 Å². The quantitative estimate of drug-likeness (QED) is 0.484. The molecule has 0 radical (unpaired) electrons. The van der Waals surface area contributed by atoms with Crippen LogP contribution in [-0.2, 0) is 4.79 Å². The molecule has 1 amide bonds. The van der Waals surface area contributed by atoms with Crippen LogP contribution in [-0.4, -0.2) is 32.2 Å². The molecule has 1 heterocycles. The molecule has 1 fully saturated rings. The van der Waals surface area contributed by atoms with Gasteiger partial charge in [-0.2, -0.15) is 0 Å². The van der Waals surface area contributed by atoms with Crippen molar-refractivity contribution in [2.45, 2.75) is 18.6 Å². The minimum absolute atomic E-state index is 0.184. The number of carbonyl (C=O) groups is 2. The van der Waals surface area contributed by atoms with E-state index < -0.39 is 4.75 Å². The van der Waals surface area contributed by atoms with Gasteiger partial charge in [-0.1, -0.05) is 54.3 Å². The Balaban J connectivity index is 2.36. The van der Waals surface area contributed by atoms with Crippen molar-refractivity contribution < 1.29 is 9.59 Å². The van der Waals surface area contributed by atoms with Gasteiger partial charge in [0.2, 0.25) is 0 Å². The zero-order chi connectivity index (χ0) is 13.3. The first-order valence-corrected chi connectivity index (χ1v) is 6.88. The van der Waals surface area contributed by atoms with Gasteiger partial charge in [0.15, 0.2) is 10.5 Å². The first-order chi connectivity index (χ1) is 8.50. The number of carbonyl (C=O) groups excluding carboxylic acids is 2. The molecule has 1 aromatic carbocycles. The molecule has 5 heteroatoms. The number of rotatable bonds is 3. The van der Waals surface area contributed by atoms with E-state index in [-0.39, 0.29) is 11.7 Å². The largest absolute Gasteiger partial charge is 0.296 e. The standard InChI is InChI=1S/C13H13NO2S2/c1-3-14-11(16)13(2,18-12(14)17)10(15)9-7-5-4-6-8-9/h4-8H,3H2,1-2H3. The molecule has 0 saturated carbocycles. The molecule has 0 N–H and O–H groups in total. The first kappa shape index (κ1) is 13.2. The number of Topliss-reactive ketones (excluding diaryl/α,β-unsaturated/α-hetero) is 1. The minimum Gasteiger partial charge on any atom is -0.296 e. The lowest BCUT2D eigenvalue weighted by Gasteiger charge is -2.19. The summed E-state index contributed by atoms with van der Waals surface area (Å²) in [5.41, 5.74) is 0.543. The fraction of sp³-hybridized carbons (Fsp3) is 0.308. The molecular weight excluding hydrogens is 266 g/mol. The Hall–Kier alpha value is -1.20. The van der Waals surface area contributed by atoms with Crippen LogP contribution in [0, 0.1) is 0 Å². The maximum atomic E-state index is 12.5. The molecule has 94 valence electrons. The highest BCUT2D eigenvalue weighted by Gasteiger charge is 2.52. The van der Waals surface area contributed by atoms with Gasteiger partial charge < -0.3 is 0 Å². The third-order valence-corrected chi connectivity index (χ3v) is 4.58. The Kier molecular flexibility index (Phi) is 3.54. The van der Waals surface area contributed by atoms with Crippen LogP contribution in [0.15, 0.2) is 30.3 Å². The van der Waals surface area contributed by atoms with E-state index in [4.69, 9.17) is 12.2 Å². The van der Waals surface area contributed by atoms with Crippen molar-refractivity contribution in [2.75, 3.05) is 6.54 Å². The third-order valence-electron chi connectivity index (χ3n) is 2.95. The van der Waals surface area contributed by atoms with Gasteiger partial charge in [0.1, 0.15) is 4.32 Å². The molecule has 1 atom stereocenters. The lowest BCUT2D eigenvalue weighted by molar-refractivity contribution is -0.127. The lowest BCUT2D eigenvalue weighted by atomic mass is 9.97. The van der Waals surface area contributed by atoms with Crippen molar-refractivity contribution >= 4 is 40.0 Å². The molecule has 3 nitrogen and oxygen atoms in total. The van der Waals surface area contributed by atoms with Gasteiger partial charge in [-0.25, -0.2) is 0 Å². The van der Waals surface area contributed by atoms with Gasteiger partial charge in [0, 0.05) is 12.1 Å². The minimum atomic E-state index is -1.12. The molecule has 0 bridgehead atoms. The first-order valence-electron chi connectivity index (χ1n) is 5.65. The predicted molar refractivity (Wildman–Crippen MR) is 76.8 cm³/mol. The molecule has 0 spiro atoms. The molecule has 0 aromatic heterocycles. The summed E-state index contributed by atoms with van der Waals surface area (Å²) >= 11 is 6.32. The van der Waals surface area contributed by atoms with E-state index in [9.17, 15) is 9.59 Å². The van der Waals surface area contributed by atoms with Gasteiger partial charge in [-0.05, 0) is 13.8 Å². The molecule has 18 heavy (non-hydrogen) atoms. The average molecular weight is 279 g/mol. The highest BCUT2D eigenvalue weighted by Crippen LogP contribution is 2.39. The Morgan fingerprint density at radius 1 is 1.39 bits per heavy atom. The SMILES string of the molecule is CCN1C(=O)C(C)(C(=O)c2ccccc2)SC1=S. The molecule has 0 aliphatic carbocycles. The van der Waals surface area contributed by atoms with Crippen molar-refractivity contribution in [2.24, 2.45) is 0 Å². The number of nitrogens with zero attached hydrogens (tertiary/aromatic N) is 1. The summed E-state index contributed by atoms with van der Waals surface area (Å²) in [6.45, 7) is 4.00. The molecule has 1 aliphatic rings. The summed E-state index contributed by atoms with van der Waals surface area (Å²) < 4.78 is -0.636. The molecule has 1 saturated heterocycles. The second kappa shape index (κ2) is 4.82. The van der Waals surface area contributed by atoms with E-state index in [0.29, 0.717) is 16.4 Å². The van der Waals surface area contributed by atoms with Crippen LogP contribution < -0.4 is 0 Å². The summed E-state index contributed by atoms with van der Waals surface area (Å²) in [5, 5.41) is 0. The van der Waals surface area contributed by atoms with Crippen molar-refractivity contribution in [1.82, 2.24) is 4.90 Å². The van der Waals surface area contributed by atoms with Crippen LogP contribution in [0.2, 0.25) is 0 Å². The molecule has 1 aliphatic heterocycles. The van der Waals surface area contributed by atoms with Crippen molar-refractivity contribution in [3.63, 3.8) is 0 Å². The number of thioether (sulfide) groups is 1. The van der Waals surface area contributed by atoms with E-state index in [1.165, 1.54) is 16.7 Å². The molecule has 2 rings (SSSR count). The van der Waals surface area contributed by atoms with Gasteiger partial charge in [0.05, 0.1) is 0 Å². The maximum Gasteiger partial charge on any atom is 0.252 e. The highest BCUT2D eigenvalue weighted by atomic mass is 32.2. The van der Waals surface area contributed by atoms with Gasteiger partial charge in [0.25, 0.3) is 5.91 Å². The molecule has 1 aromatic rings. The van der Waals surface area contributed by atoms with Crippen molar-refractivity contribution in [3.05, 3.63) is 35.9 Å². The van der Waals surface area contributed by atoms with Crippen LogP contribution in [0.25, 0.3) is 0 Å². The average Bonchev–Trinajstić information content (AvgIpc) is 2.61. The normalized spacial score (nSPS) is 23.6. The Bertz CT molecular complexity index is 515. The van der Waals surface area contributed by atoms with Crippen LogP contribution in [0.5, 0.6) is 0 Å². The number of amides is 1. The van der Waals surface area contributed by atoms with E-state index >= 15 is 0 Å². The van der Waals surface area contributed by atoms with E-state index in [0.717, 1.165) is 0 Å². The van der Waals surface area contributed by atoms with Gasteiger partial charge >= 0.3 is 0 Å². The monoisotopic (exact) mass is 279 g/mol. The summed E-state index contributed by atoms with van der Waals surface area (Å²) in [5.74, 6) is -0.398. The smallest absolute Gasteiger partial charge is 0.252 e. The summed E-state index contributed by atoms with van der Waals surface area (Å²) in [4.78, 5) is 26.2. The molecule has 1 unspecified atom stereocenters. The van der Waals surface area contributed by atoms with Gasteiger partial charge in [-0.15, -0.1) is 0 Å². The van der Waals surface area contributed by atoms with E-state index in [1.54, 1.807) is 31.2 Å². The third kappa shape index (κ3) is 1.97. The fourth-order valence-electron chi connectivity index (χ4n) is 1.89. The maximum absolute atomic E-state index is 12.5. The number of hydrogen-bond acceptors (Lipinski definition) is 4. The summed E-state index contributed by atoms with van der Waals surface area (Å²) in [6, 6.07) is 8.86. The van der Waals surface area contributed by atoms with Crippen molar-refractivity contribution in [3.8, 4) is 0 Å². The zero-order valence-corrected chi connectivity index (χ0v) is 11.8. The highest BCUT2D eigenvalue weighted by molar-refractivity contribution is 8.25. The molecular formula is C13H13NO2S2. The number of ketones is 1. The van der Waals surface area contributed by atoms with Gasteiger partial charge in [-0.3, -0.25) is 14.5 Å². The number of benzene rings is 1. The van der Waals surface area contributed by atoms with Crippen LogP contribution in [0.3, 0.4) is 0 Å². The lowest BCUT2D eigenvalue weighted by Crippen LogP contribution is -2.43. The number of hydrogen-bond donors (Lipinski definition) is 0. The predicted octanol–water partition coefficient (Wildman–Crippen LogP) is 2.51. The van der Waals surface area contributed by atoms with E-state index in [1.807, 2.05) is 13.0 Å². The topological polar surface area (TPSA) is 37.4 Å². The zero-order valence-electron chi connectivity index (χ0n) is 10.2. The second-order valence-corrected chi connectivity index (χ2v) is 6.20. The Morgan fingerprint density at radius 2 is 2.00 bits per heavy atom. The fourth-order valence-corrected chi connectivity index (χ4v) is 3.69. The number of thiocarbonyl (C=S) groups is 1. The van der Waals surface area contributed by atoms with E-state index in [2.05, 4.69) is 0 Å². The Labute approximate surface area is 116 Å². The summed E-state index contributed by atoms with van der Waals surface area (Å²) in [7, 11) is 0. The summed E-state index contributed by atoms with van der Waals surface area (Å²) in [6.07, 6.45) is 0. The van der Waals surface area contributed by atoms with Crippen LogP contribution in [0.4, 0.5) is 0 Å². The Morgan fingerprint density at radius 3 is 2.50 bits per heavy atom. The second-order valence-electron chi connectivity index (χ2n) is 4.15. The van der Waals surface area contributed by atoms with Crippen LogP contribution >= 0.6 is 24.0 Å².